The van der Waals surface area contributed by atoms with E-state index in [9.17, 15) is 13.2 Å². The molecule has 14 heavy (non-hydrogen) atoms. The van der Waals surface area contributed by atoms with Crippen LogP contribution >= 0.6 is 0 Å². The SMILES string of the molecule is FC(F)(F)c1ncc2ncccc2n1. The van der Waals surface area contributed by atoms with Crippen LogP contribution in [0.4, 0.5) is 13.2 Å². The minimum Gasteiger partial charge on any atom is -0.253 e. The molecule has 2 rings (SSSR count). The van der Waals surface area contributed by atoms with Gasteiger partial charge in [0.2, 0.25) is 5.82 Å². The summed E-state index contributed by atoms with van der Waals surface area (Å²) in [7, 11) is 0. The van der Waals surface area contributed by atoms with E-state index in [2.05, 4.69) is 15.0 Å². The van der Waals surface area contributed by atoms with E-state index in [0.717, 1.165) is 6.20 Å². The standard InChI is InChI=1S/C8H4F3N3/c9-8(10,11)7-13-4-6-5(14-7)2-1-3-12-6/h1-4H. The van der Waals surface area contributed by atoms with Gasteiger partial charge in [0.15, 0.2) is 0 Å². The van der Waals surface area contributed by atoms with E-state index in [1.807, 2.05) is 0 Å². The lowest BCUT2D eigenvalue weighted by molar-refractivity contribution is -0.144. The summed E-state index contributed by atoms with van der Waals surface area (Å²) in [5.74, 6) is -1.14. The molecule has 0 spiro atoms. The second kappa shape index (κ2) is 2.90. The van der Waals surface area contributed by atoms with Crippen LogP contribution in [0.15, 0.2) is 24.5 Å². The van der Waals surface area contributed by atoms with Gasteiger partial charge < -0.3 is 0 Å². The van der Waals surface area contributed by atoms with Gasteiger partial charge in [-0.15, -0.1) is 0 Å². The van der Waals surface area contributed by atoms with Crippen molar-refractivity contribution in [2.45, 2.75) is 6.18 Å². The third kappa shape index (κ3) is 1.50. The third-order valence-corrected chi connectivity index (χ3v) is 1.61. The number of hydrogen-bond acceptors (Lipinski definition) is 3. The molecule has 72 valence electrons. The zero-order valence-corrected chi connectivity index (χ0v) is 6.78. The number of nitrogens with zero attached hydrogens (tertiary/aromatic N) is 3. The Bertz CT molecular complexity index is 467. The van der Waals surface area contributed by atoms with Gasteiger partial charge >= 0.3 is 6.18 Å². The first-order valence-corrected chi connectivity index (χ1v) is 3.72. The minimum atomic E-state index is -4.51. The molecule has 0 aromatic carbocycles. The maximum Gasteiger partial charge on any atom is 0.451 e. The van der Waals surface area contributed by atoms with Gasteiger partial charge in [0.25, 0.3) is 0 Å². The predicted molar refractivity (Wildman–Crippen MR) is 42.3 cm³/mol. The van der Waals surface area contributed by atoms with Gasteiger partial charge in [-0.2, -0.15) is 13.2 Å². The number of alkyl halides is 3. The van der Waals surface area contributed by atoms with Crippen LogP contribution < -0.4 is 0 Å². The van der Waals surface area contributed by atoms with Crippen LogP contribution in [0.5, 0.6) is 0 Å². The maximum absolute atomic E-state index is 12.2. The van der Waals surface area contributed by atoms with Crippen molar-refractivity contribution in [3.63, 3.8) is 0 Å². The Labute approximate surface area is 76.6 Å². The molecule has 0 saturated carbocycles. The molecular formula is C8H4F3N3. The van der Waals surface area contributed by atoms with Gasteiger partial charge in [0, 0.05) is 6.20 Å². The average molecular weight is 199 g/mol. The topological polar surface area (TPSA) is 38.7 Å². The van der Waals surface area contributed by atoms with Crippen molar-refractivity contribution in [2.24, 2.45) is 0 Å². The summed E-state index contributed by atoms with van der Waals surface area (Å²) in [5.41, 5.74) is 0.537. The number of hydrogen-bond donors (Lipinski definition) is 0. The average Bonchev–Trinajstić information content (AvgIpc) is 2.16. The Morgan fingerprint density at radius 3 is 2.57 bits per heavy atom. The van der Waals surface area contributed by atoms with Crippen LogP contribution in [-0.4, -0.2) is 15.0 Å². The quantitative estimate of drug-likeness (QED) is 0.651. The second-order valence-corrected chi connectivity index (χ2v) is 2.60. The summed E-state index contributed by atoms with van der Waals surface area (Å²) in [5, 5.41) is 0. The van der Waals surface area contributed by atoms with Gasteiger partial charge in [0.1, 0.15) is 5.52 Å². The minimum absolute atomic E-state index is 0.190. The van der Waals surface area contributed by atoms with Crippen molar-refractivity contribution in [1.29, 1.82) is 0 Å². The molecule has 0 atom stereocenters. The van der Waals surface area contributed by atoms with Crippen molar-refractivity contribution in [1.82, 2.24) is 15.0 Å². The molecule has 0 unspecified atom stereocenters. The highest BCUT2D eigenvalue weighted by molar-refractivity contribution is 5.72. The third-order valence-electron chi connectivity index (χ3n) is 1.61. The molecule has 2 aromatic rings. The Morgan fingerprint density at radius 1 is 1.07 bits per heavy atom. The van der Waals surface area contributed by atoms with E-state index in [4.69, 9.17) is 0 Å². The lowest BCUT2D eigenvalue weighted by atomic mass is 10.3. The molecule has 0 N–H and O–H groups in total. The lowest BCUT2D eigenvalue weighted by Gasteiger charge is -2.04. The number of rotatable bonds is 0. The van der Waals surface area contributed by atoms with Crippen LogP contribution in [0.2, 0.25) is 0 Å². The first-order valence-electron chi connectivity index (χ1n) is 3.72. The van der Waals surface area contributed by atoms with E-state index in [1.165, 1.54) is 18.3 Å². The zero-order chi connectivity index (χ0) is 10.2. The molecular weight excluding hydrogens is 195 g/mol. The van der Waals surface area contributed by atoms with Crippen molar-refractivity contribution in [3.05, 3.63) is 30.4 Å². The molecule has 0 radical (unpaired) electrons. The first-order chi connectivity index (χ1) is 6.57. The van der Waals surface area contributed by atoms with Crippen molar-refractivity contribution >= 4 is 11.0 Å². The highest BCUT2D eigenvalue weighted by Gasteiger charge is 2.34. The van der Waals surface area contributed by atoms with Gasteiger partial charge in [0.05, 0.1) is 11.7 Å². The van der Waals surface area contributed by atoms with Crippen LogP contribution in [-0.2, 0) is 6.18 Å². The molecule has 3 nitrogen and oxygen atoms in total. The van der Waals surface area contributed by atoms with Crippen molar-refractivity contribution in [3.8, 4) is 0 Å². The van der Waals surface area contributed by atoms with E-state index in [0.29, 0.717) is 5.52 Å². The highest BCUT2D eigenvalue weighted by Crippen LogP contribution is 2.26. The number of fused-ring (bicyclic) bond motifs is 1. The molecule has 0 aliphatic rings. The summed E-state index contributed by atoms with van der Waals surface area (Å²) in [6.45, 7) is 0. The van der Waals surface area contributed by atoms with Gasteiger partial charge in [-0.05, 0) is 12.1 Å². The normalized spacial score (nSPS) is 11.9. The fourth-order valence-corrected chi connectivity index (χ4v) is 1.00. The summed E-state index contributed by atoms with van der Waals surface area (Å²) < 4.78 is 36.5. The molecule has 0 bridgehead atoms. The van der Waals surface area contributed by atoms with E-state index < -0.39 is 12.0 Å². The summed E-state index contributed by atoms with van der Waals surface area (Å²) >= 11 is 0. The highest BCUT2D eigenvalue weighted by atomic mass is 19.4. The Morgan fingerprint density at radius 2 is 1.86 bits per heavy atom. The largest absolute Gasteiger partial charge is 0.451 e. The van der Waals surface area contributed by atoms with Crippen LogP contribution in [0.25, 0.3) is 11.0 Å². The van der Waals surface area contributed by atoms with Crippen LogP contribution in [0, 0.1) is 0 Å². The Kier molecular flexibility index (Phi) is 1.83. The van der Waals surface area contributed by atoms with E-state index in [1.54, 1.807) is 0 Å². The smallest absolute Gasteiger partial charge is 0.253 e. The summed E-state index contributed by atoms with van der Waals surface area (Å²) in [6, 6.07) is 2.98. The van der Waals surface area contributed by atoms with Crippen LogP contribution in [0.1, 0.15) is 5.82 Å². The molecule has 6 heteroatoms. The fourth-order valence-electron chi connectivity index (χ4n) is 1.00. The van der Waals surface area contributed by atoms with E-state index >= 15 is 0 Å². The Hall–Kier alpha value is -1.72. The van der Waals surface area contributed by atoms with E-state index in [-0.39, 0.29) is 5.52 Å². The number of pyridine rings is 1. The molecule has 0 fully saturated rings. The second-order valence-electron chi connectivity index (χ2n) is 2.60. The predicted octanol–water partition coefficient (Wildman–Crippen LogP) is 2.04. The first kappa shape index (κ1) is 8.86. The van der Waals surface area contributed by atoms with Crippen LogP contribution in [0.3, 0.4) is 0 Å². The molecule has 2 aromatic heterocycles. The van der Waals surface area contributed by atoms with Crippen molar-refractivity contribution in [2.75, 3.05) is 0 Å². The summed E-state index contributed by atoms with van der Waals surface area (Å²) in [4.78, 5) is 10.3. The zero-order valence-electron chi connectivity index (χ0n) is 6.78. The van der Waals surface area contributed by atoms with Gasteiger partial charge in [-0.1, -0.05) is 0 Å². The van der Waals surface area contributed by atoms with Crippen molar-refractivity contribution < 1.29 is 13.2 Å². The summed E-state index contributed by atoms with van der Waals surface area (Å²) in [6.07, 6.45) is -1.98. The number of halogens is 3. The molecule has 2 heterocycles. The van der Waals surface area contributed by atoms with Gasteiger partial charge in [-0.25, -0.2) is 9.97 Å². The number of aromatic nitrogens is 3. The van der Waals surface area contributed by atoms with Gasteiger partial charge in [-0.3, -0.25) is 4.98 Å². The maximum atomic E-state index is 12.2. The fraction of sp³-hybridized carbons (Fsp3) is 0.125. The molecule has 0 saturated heterocycles. The monoisotopic (exact) mass is 199 g/mol. The Balaban J connectivity index is 2.63. The molecule has 0 aliphatic heterocycles. The lowest BCUT2D eigenvalue weighted by Crippen LogP contribution is -2.10. The molecule has 0 aliphatic carbocycles. The molecule has 0 amide bonds.